The largest absolute Gasteiger partial charge is 0.379 e. The second kappa shape index (κ2) is 8.77. The van der Waals surface area contributed by atoms with E-state index in [4.69, 9.17) is 4.74 Å². The minimum atomic E-state index is -0.251. The van der Waals surface area contributed by atoms with E-state index in [1.807, 2.05) is 36.4 Å². The molecule has 126 valence electrons. The van der Waals surface area contributed by atoms with Crippen LogP contribution in [0.2, 0.25) is 0 Å². The first-order valence-corrected chi connectivity index (χ1v) is 8.93. The Bertz CT molecular complexity index is 645. The molecule has 7 heteroatoms. The summed E-state index contributed by atoms with van der Waals surface area (Å²) in [5.41, 5.74) is 1.06. The summed E-state index contributed by atoms with van der Waals surface area (Å²) in [6.45, 7) is 4.62. The van der Waals surface area contributed by atoms with Crippen LogP contribution in [0.5, 0.6) is 0 Å². The predicted octanol–water partition coefficient (Wildman–Crippen LogP) is 2.15. The summed E-state index contributed by atoms with van der Waals surface area (Å²) in [7, 11) is 0. The van der Waals surface area contributed by atoms with Crippen molar-refractivity contribution >= 4 is 23.4 Å². The smallest absolute Gasteiger partial charge is 0.276 e. The van der Waals surface area contributed by atoms with Gasteiger partial charge < -0.3 is 10.1 Å². The Balaban J connectivity index is 1.47. The molecule has 0 spiro atoms. The quantitative estimate of drug-likeness (QED) is 0.810. The molecule has 3 rings (SSSR count). The molecule has 6 nitrogen and oxygen atoms in total. The number of aromatic nitrogens is 2. The lowest BCUT2D eigenvalue weighted by Crippen LogP contribution is -2.37. The Morgan fingerprint density at radius 2 is 1.92 bits per heavy atom. The third kappa shape index (κ3) is 5.02. The maximum atomic E-state index is 12.1. The third-order valence-corrected chi connectivity index (χ3v) is 4.57. The average Bonchev–Trinajstić information content (AvgIpc) is 2.64. The van der Waals surface area contributed by atoms with Gasteiger partial charge in [0.25, 0.3) is 5.91 Å². The van der Waals surface area contributed by atoms with Gasteiger partial charge in [0, 0.05) is 31.1 Å². The normalized spacial score (nSPS) is 15.2. The number of carbonyl (C=O) groups excluding carboxylic acids is 1. The van der Waals surface area contributed by atoms with Crippen molar-refractivity contribution in [1.82, 2.24) is 15.1 Å². The fourth-order valence-electron chi connectivity index (χ4n) is 2.34. The standard InChI is InChI=1S/C17H20N4O2S/c22-17(18-14-4-2-1-3-5-14)15-6-7-16(20-19-15)24-13-10-21-8-11-23-12-9-21/h1-7H,8-13H2,(H,18,22). The number of para-hydroxylation sites is 1. The highest BCUT2D eigenvalue weighted by atomic mass is 32.2. The van der Waals surface area contributed by atoms with Crippen LogP contribution in [-0.2, 0) is 4.74 Å². The van der Waals surface area contributed by atoms with E-state index in [0.717, 1.165) is 49.3 Å². The number of hydrogen-bond donors (Lipinski definition) is 1. The summed E-state index contributed by atoms with van der Waals surface area (Å²) >= 11 is 1.65. The minimum absolute atomic E-state index is 0.251. The first-order chi connectivity index (χ1) is 11.8. The van der Waals surface area contributed by atoms with Gasteiger partial charge in [-0.05, 0) is 24.3 Å². The highest BCUT2D eigenvalue weighted by Crippen LogP contribution is 2.15. The first kappa shape index (κ1) is 16.9. The Morgan fingerprint density at radius 1 is 1.12 bits per heavy atom. The van der Waals surface area contributed by atoms with Gasteiger partial charge in [-0.1, -0.05) is 18.2 Å². The van der Waals surface area contributed by atoms with Crippen LogP contribution in [-0.4, -0.2) is 59.6 Å². The Hall–Kier alpha value is -1.96. The van der Waals surface area contributed by atoms with E-state index in [2.05, 4.69) is 20.4 Å². The van der Waals surface area contributed by atoms with Gasteiger partial charge in [0.05, 0.1) is 13.2 Å². The van der Waals surface area contributed by atoms with Crippen molar-refractivity contribution in [3.8, 4) is 0 Å². The van der Waals surface area contributed by atoms with Crippen molar-refractivity contribution in [1.29, 1.82) is 0 Å². The number of hydrogen-bond acceptors (Lipinski definition) is 6. The summed E-state index contributed by atoms with van der Waals surface area (Å²) in [5, 5.41) is 11.8. The predicted molar refractivity (Wildman–Crippen MR) is 94.4 cm³/mol. The van der Waals surface area contributed by atoms with Gasteiger partial charge in [0.1, 0.15) is 5.03 Å². The lowest BCUT2D eigenvalue weighted by atomic mass is 10.3. The fraction of sp³-hybridized carbons (Fsp3) is 0.353. The van der Waals surface area contributed by atoms with Crippen LogP contribution in [0.15, 0.2) is 47.5 Å². The molecule has 1 aromatic carbocycles. The number of ether oxygens (including phenoxy) is 1. The Kier molecular flexibility index (Phi) is 6.17. The molecule has 1 aromatic heterocycles. The summed E-state index contributed by atoms with van der Waals surface area (Å²) in [5.74, 6) is 0.697. The molecule has 1 fully saturated rings. The molecule has 0 unspecified atom stereocenters. The number of anilines is 1. The van der Waals surface area contributed by atoms with Crippen LogP contribution in [0.4, 0.5) is 5.69 Å². The second-order valence-electron chi connectivity index (χ2n) is 5.38. The molecular formula is C17H20N4O2S. The van der Waals surface area contributed by atoms with E-state index in [0.29, 0.717) is 5.69 Å². The molecule has 2 heterocycles. The van der Waals surface area contributed by atoms with Gasteiger partial charge in [0.2, 0.25) is 0 Å². The summed E-state index contributed by atoms with van der Waals surface area (Å²) in [4.78, 5) is 14.5. The molecule has 0 saturated carbocycles. The van der Waals surface area contributed by atoms with Gasteiger partial charge in [-0.15, -0.1) is 22.0 Å². The van der Waals surface area contributed by atoms with Gasteiger partial charge in [0.15, 0.2) is 5.69 Å². The summed E-state index contributed by atoms with van der Waals surface area (Å²) in [6.07, 6.45) is 0. The van der Waals surface area contributed by atoms with Crippen molar-refractivity contribution in [2.24, 2.45) is 0 Å². The van der Waals surface area contributed by atoms with Crippen molar-refractivity contribution in [3.63, 3.8) is 0 Å². The van der Waals surface area contributed by atoms with E-state index in [9.17, 15) is 4.79 Å². The molecule has 1 N–H and O–H groups in total. The number of carbonyl (C=O) groups is 1. The van der Waals surface area contributed by atoms with Gasteiger partial charge in [-0.2, -0.15) is 0 Å². The van der Waals surface area contributed by atoms with E-state index in [1.54, 1.807) is 17.8 Å². The molecule has 0 radical (unpaired) electrons. The molecule has 1 aliphatic rings. The van der Waals surface area contributed by atoms with Crippen molar-refractivity contribution in [2.75, 3.05) is 43.9 Å². The maximum absolute atomic E-state index is 12.1. The van der Waals surface area contributed by atoms with Crippen LogP contribution in [0.3, 0.4) is 0 Å². The number of nitrogens with one attached hydrogen (secondary N) is 1. The Labute approximate surface area is 145 Å². The summed E-state index contributed by atoms with van der Waals surface area (Å²) in [6, 6.07) is 12.9. The molecule has 1 aliphatic heterocycles. The van der Waals surface area contributed by atoms with E-state index < -0.39 is 0 Å². The molecule has 1 saturated heterocycles. The highest BCUT2D eigenvalue weighted by Gasteiger charge is 2.11. The molecule has 2 aromatic rings. The molecular weight excluding hydrogens is 324 g/mol. The number of thioether (sulfide) groups is 1. The van der Waals surface area contributed by atoms with Crippen LogP contribution < -0.4 is 5.32 Å². The minimum Gasteiger partial charge on any atom is -0.379 e. The molecule has 1 amide bonds. The van der Waals surface area contributed by atoms with E-state index >= 15 is 0 Å². The molecule has 24 heavy (non-hydrogen) atoms. The van der Waals surface area contributed by atoms with Crippen LogP contribution in [0, 0.1) is 0 Å². The van der Waals surface area contributed by atoms with Crippen LogP contribution in [0.1, 0.15) is 10.5 Å². The topological polar surface area (TPSA) is 67.4 Å². The first-order valence-electron chi connectivity index (χ1n) is 7.94. The number of benzene rings is 1. The molecule has 0 bridgehead atoms. The lowest BCUT2D eigenvalue weighted by Gasteiger charge is -2.26. The monoisotopic (exact) mass is 344 g/mol. The van der Waals surface area contributed by atoms with Crippen molar-refractivity contribution in [3.05, 3.63) is 48.2 Å². The number of amides is 1. The number of nitrogens with zero attached hydrogens (tertiary/aromatic N) is 3. The number of morpholine rings is 1. The highest BCUT2D eigenvalue weighted by molar-refractivity contribution is 7.99. The van der Waals surface area contributed by atoms with Crippen LogP contribution in [0.25, 0.3) is 0 Å². The van der Waals surface area contributed by atoms with Gasteiger partial charge >= 0.3 is 0 Å². The fourth-order valence-corrected chi connectivity index (χ4v) is 3.16. The molecule has 0 atom stereocenters. The average molecular weight is 344 g/mol. The molecule has 0 aliphatic carbocycles. The SMILES string of the molecule is O=C(Nc1ccccc1)c1ccc(SCCN2CCOCC2)nn1. The summed E-state index contributed by atoms with van der Waals surface area (Å²) < 4.78 is 5.33. The lowest BCUT2D eigenvalue weighted by molar-refractivity contribution is 0.0410. The Morgan fingerprint density at radius 3 is 2.62 bits per heavy atom. The zero-order chi connectivity index (χ0) is 16.6. The van der Waals surface area contributed by atoms with E-state index in [1.165, 1.54) is 0 Å². The number of rotatable bonds is 6. The second-order valence-corrected chi connectivity index (χ2v) is 6.49. The van der Waals surface area contributed by atoms with Crippen molar-refractivity contribution < 1.29 is 9.53 Å². The zero-order valence-corrected chi connectivity index (χ0v) is 14.2. The third-order valence-electron chi connectivity index (χ3n) is 3.67. The van der Waals surface area contributed by atoms with Crippen LogP contribution >= 0.6 is 11.8 Å². The zero-order valence-electron chi connectivity index (χ0n) is 13.4. The van der Waals surface area contributed by atoms with Gasteiger partial charge in [-0.25, -0.2) is 0 Å². The maximum Gasteiger partial charge on any atom is 0.276 e. The van der Waals surface area contributed by atoms with Gasteiger partial charge in [-0.3, -0.25) is 9.69 Å². The van der Waals surface area contributed by atoms with Crippen molar-refractivity contribution in [2.45, 2.75) is 5.03 Å². The van der Waals surface area contributed by atoms with E-state index in [-0.39, 0.29) is 5.91 Å².